The first-order valence-corrected chi connectivity index (χ1v) is 29.6. The summed E-state index contributed by atoms with van der Waals surface area (Å²) in [7, 11) is 3.74. The van der Waals surface area contributed by atoms with Crippen molar-refractivity contribution in [3.05, 3.63) is 125 Å². The molecule has 8 atom stereocenters. The minimum atomic E-state index is -1.72. The summed E-state index contributed by atoms with van der Waals surface area (Å²) in [5, 5.41) is 56.0. The SMILES string of the molecule is CNCCCC[C@@H]1NC(=O)[C@@H](CCCCNC(=O)c2cccnc2)NC(=O)[C@H](Cc2ccc(O)cc2)NC(=O)[C@H](NC(=O)CCc2ccc(Cl)cc2)CSSC[C@@H](C(=O)N[C@H](Cc2ccc(O)cc2)C(N)=O)NC(=O)C(C(C)O)NC1=O. The van der Waals surface area contributed by atoms with Crippen LogP contribution in [0.25, 0.3) is 0 Å². The number of phenolic OH excluding ortho intramolecular Hbond substituents is 2. The number of pyridine rings is 1. The number of carbonyl (C=O) groups is 9. The van der Waals surface area contributed by atoms with Gasteiger partial charge in [0.1, 0.15) is 53.8 Å². The molecular weight excluding hydrogens is 1120 g/mol. The maximum absolute atomic E-state index is 14.7. The van der Waals surface area contributed by atoms with Crippen LogP contribution in [0.5, 0.6) is 11.5 Å². The molecule has 0 spiro atoms. The summed E-state index contributed by atoms with van der Waals surface area (Å²) in [6, 6.07) is 11.7. The Kier molecular flexibility index (Phi) is 27.2. The van der Waals surface area contributed by atoms with Crippen molar-refractivity contribution in [3.63, 3.8) is 0 Å². The molecule has 9 amide bonds. The molecule has 82 heavy (non-hydrogen) atoms. The molecule has 2 unspecified atom stereocenters. The van der Waals surface area contributed by atoms with Crippen LogP contribution < -0.4 is 53.6 Å². The van der Waals surface area contributed by atoms with Crippen molar-refractivity contribution in [1.29, 1.82) is 0 Å². The molecule has 0 saturated carbocycles. The van der Waals surface area contributed by atoms with Crippen LogP contribution in [0.15, 0.2) is 97.3 Å². The lowest BCUT2D eigenvalue weighted by molar-refractivity contribution is -0.136. The number of nitrogens with two attached hydrogens (primary N) is 1. The minimum Gasteiger partial charge on any atom is -0.508 e. The number of hydrogen-bond donors (Lipinski definition) is 13. The van der Waals surface area contributed by atoms with Gasteiger partial charge in [-0.1, -0.05) is 69.6 Å². The first kappa shape index (κ1) is 65.4. The number of hydrogen-bond acceptors (Lipinski definition) is 16. The highest BCUT2D eigenvalue weighted by Gasteiger charge is 2.36. The van der Waals surface area contributed by atoms with Crippen molar-refractivity contribution in [2.45, 2.75) is 120 Å². The number of aryl methyl sites for hydroxylation is 1. The van der Waals surface area contributed by atoms with Crippen LogP contribution in [-0.4, -0.2) is 154 Å². The maximum Gasteiger partial charge on any atom is 0.252 e. The number of amides is 9. The van der Waals surface area contributed by atoms with Gasteiger partial charge in [0.05, 0.1) is 11.7 Å². The lowest BCUT2D eigenvalue weighted by Crippen LogP contribution is -2.62. The molecule has 26 heteroatoms. The molecule has 1 aliphatic rings. The lowest BCUT2D eigenvalue weighted by Gasteiger charge is -2.29. The van der Waals surface area contributed by atoms with E-state index in [4.69, 9.17) is 17.3 Å². The van der Waals surface area contributed by atoms with Crippen LogP contribution in [0.4, 0.5) is 0 Å². The average Bonchev–Trinajstić information content (AvgIpc) is 3.53. The highest BCUT2D eigenvalue weighted by atomic mass is 35.5. The van der Waals surface area contributed by atoms with Crippen LogP contribution in [0, 0.1) is 0 Å². The Morgan fingerprint density at radius 3 is 1.88 bits per heavy atom. The van der Waals surface area contributed by atoms with E-state index in [1.165, 1.54) is 55.7 Å². The first-order chi connectivity index (χ1) is 39.3. The van der Waals surface area contributed by atoms with Gasteiger partial charge in [0.2, 0.25) is 47.3 Å². The fourth-order valence-electron chi connectivity index (χ4n) is 8.41. The minimum absolute atomic E-state index is 0.0230. The number of unbranched alkanes of at least 4 members (excludes halogenated alkanes) is 2. The predicted octanol–water partition coefficient (Wildman–Crippen LogP) is 1.21. The van der Waals surface area contributed by atoms with Crippen molar-refractivity contribution >= 4 is 86.4 Å². The van der Waals surface area contributed by atoms with E-state index in [1.54, 1.807) is 55.6 Å². The molecular formula is C56H72ClN11O12S2. The van der Waals surface area contributed by atoms with Crippen molar-refractivity contribution in [3.8, 4) is 11.5 Å². The number of benzene rings is 3. The second-order valence-corrected chi connectivity index (χ2v) is 22.6. The molecule has 2 heterocycles. The van der Waals surface area contributed by atoms with Gasteiger partial charge < -0.3 is 68.9 Å². The molecule has 0 aliphatic carbocycles. The Morgan fingerprint density at radius 1 is 0.707 bits per heavy atom. The number of aromatic hydroxyl groups is 2. The standard InChI is InChI=1S/C56H72ClN11O12S2/c1-33(69)48-56(80)67-46(55(79)65-43(49(58)73)28-35-13-20-39(70)21-14-35)32-82-81-31-45(62-47(72)24-17-34-11-18-38(57)19-12-34)54(78)66-44(29-36-15-22-40(71)23-16-36)53(77)64-41(10-4-6-27-61-50(74)37-8-7-26-60-30-37)51(75)63-42(52(76)68-48)9-3-5-25-59-2/h7-8,11-16,18-23,26,30,33,41-46,48,59,69-71H,3-6,9-10,17,24-25,27-29,31-32H2,1-2H3,(H2,58,73)(H,61,74)(H,62,72)(H,63,75)(H,64,77)(H,65,79)(H,66,78)(H,67,80)(H,68,76)/t33?,41-,42+,43-,44+,45-,46+,48?/m1/s1. The fraction of sp³-hybridized carbons (Fsp3) is 0.429. The summed E-state index contributed by atoms with van der Waals surface area (Å²) >= 11 is 6.08. The number of aromatic nitrogens is 1. The van der Waals surface area contributed by atoms with E-state index in [1.807, 2.05) is 0 Å². The van der Waals surface area contributed by atoms with E-state index in [-0.39, 0.29) is 80.4 Å². The van der Waals surface area contributed by atoms with Gasteiger partial charge in [0, 0.05) is 54.7 Å². The molecule has 4 aromatic rings. The molecule has 0 radical (unpaired) electrons. The number of rotatable bonds is 23. The van der Waals surface area contributed by atoms with E-state index in [0.29, 0.717) is 47.5 Å². The zero-order valence-electron chi connectivity index (χ0n) is 45.5. The zero-order chi connectivity index (χ0) is 59.6. The smallest absolute Gasteiger partial charge is 0.252 e. The summed E-state index contributed by atoms with van der Waals surface area (Å²) in [5.74, 6) is -7.67. The Balaban J connectivity index is 1.52. The highest BCUT2D eigenvalue weighted by Crippen LogP contribution is 2.24. The van der Waals surface area contributed by atoms with Crippen molar-refractivity contribution in [2.24, 2.45) is 5.73 Å². The van der Waals surface area contributed by atoms with Gasteiger partial charge >= 0.3 is 0 Å². The van der Waals surface area contributed by atoms with Crippen LogP contribution >= 0.6 is 33.2 Å². The molecule has 1 aliphatic heterocycles. The summed E-state index contributed by atoms with van der Waals surface area (Å²) in [6.45, 7) is 1.95. The third-order valence-electron chi connectivity index (χ3n) is 13.1. The number of aliphatic hydroxyl groups is 1. The van der Waals surface area contributed by atoms with Crippen molar-refractivity contribution in [1.82, 2.24) is 52.8 Å². The quantitative estimate of drug-likeness (QED) is 0.0367. The second kappa shape index (κ2) is 34.1. The van der Waals surface area contributed by atoms with Crippen LogP contribution in [-0.2, 0) is 57.6 Å². The predicted molar refractivity (Wildman–Crippen MR) is 311 cm³/mol. The first-order valence-electron chi connectivity index (χ1n) is 26.8. The topological polar surface area (TPSA) is 361 Å². The highest BCUT2D eigenvalue weighted by molar-refractivity contribution is 8.76. The van der Waals surface area contributed by atoms with Crippen LogP contribution in [0.2, 0.25) is 5.02 Å². The largest absolute Gasteiger partial charge is 0.508 e. The van der Waals surface area contributed by atoms with Crippen LogP contribution in [0.1, 0.15) is 78.9 Å². The maximum atomic E-state index is 14.7. The van der Waals surface area contributed by atoms with Gasteiger partial charge in [0.15, 0.2) is 0 Å². The van der Waals surface area contributed by atoms with Gasteiger partial charge in [-0.15, -0.1) is 0 Å². The molecule has 1 fully saturated rings. The second-order valence-electron chi connectivity index (χ2n) is 19.6. The number of nitrogens with zero attached hydrogens (tertiary/aromatic N) is 1. The van der Waals surface area contributed by atoms with Gasteiger partial charge in [-0.3, -0.25) is 48.1 Å². The number of carbonyl (C=O) groups excluding carboxylic acids is 9. The molecule has 1 saturated heterocycles. The van der Waals surface area contributed by atoms with E-state index in [2.05, 4.69) is 52.8 Å². The molecule has 0 bridgehead atoms. The van der Waals surface area contributed by atoms with E-state index >= 15 is 0 Å². The zero-order valence-corrected chi connectivity index (χ0v) is 47.9. The third kappa shape index (κ3) is 22.5. The number of phenols is 2. The number of primary amides is 1. The van der Waals surface area contributed by atoms with Crippen molar-refractivity contribution < 1.29 is 58.5 Å². The average molecular weight is 1190 g/mol. The van der Waals surface area contributed by atoms with Gasteiger partial charge in [-0.25, -0.2) is 0 Å². The van der Waals surface area contributed by atoms with E-state index in [0.717, 1.165) is 27.2 Å². The van der Waals surface area contributed by atoms with E-state index in [9.17, 15) is 58.5 Å². The Labute approximate surface area is 488 Å². The lowest BCUT2D eigenvalue weighted by atomic mass is 10.0. The fourth-order valence-corrected chi connectivity index (χ4v) is 10.9. The third-order valence-corrected chi connectivity index (χ3v) is 15.7. The van der Waals surface area contributed by atoms with Gasteiger partial charge in [-0.05, 0) is 131 Å². The van der Waals surface area contributed by atoms with E-state index < -0.39 is 95.7 Å². The normalized spacial score (nSPS) is 20.3. The Bertz CT molecular complexity index is 2770. The Morgan fingerprint density at radius 2 is 1.28 bits per heavy atom. The summed E-state index contributed by atoms with van der Waals surface area (Å²) in [5.41, 5.74) is 7.87. The number of halogens is 1. The molecule has 1 aromatic heterocycles. The Hall–Kier alpha value is -7.45. The number of aliphatic hydroxyl groups excluding tert-OH is 1. The number of nitrogens with one attached hydrogen (secondary N) is 9. The summed E-state index contributed by atoms with van der Waals surface area (Å²) in [4.78, 5) is 130. The molecule has 14 N–H and O–H groups in total. The molecule has 3 aromatic carbocycles. The monoisotopic (exact) mass is 1190 g/mol. The van der Waals surface area contributed by atoms with Gasteiger partial charge in [0.25, 0.3) is 5.91 Å². The molecule has 5 rings (SSSR count). The summed E-state index contributed by atoms with van der Waals surface area (Å²) in [6.07, 6.45) is 2.76. The van der Waals surface area contributed by atoms with Crippen LogP contribution in [0.3, 0.4) is 0 Å². The summed E-state index contributed by atoms with van der Waals surface area (Å²) < 4.78 is 0. The van der Waals surface area contributed by atoms with Crippen molar-refractivity contribution in [2.75, 3.05) is 31.6 Å². The van der Waals surface area contributed by atoms with Gasteiger partial charge in [-0.2, -0.15) is 0 Å². The molecule has 23 nitrogen and oxygen atoms in total. The molecule has 442 valence electrons.